The van der Waals surface area contributed by atoms with Gasteiger partial charge in [-0.05, 0) is 45.6 Å². The van der Waals surface area contributed by atoms with Gasteiger partial charge in [-0.2, -0.15) is 0 Å². The highest BCUT2D eigenvalue weighted by Crippen LogP contribution is 2.12. The summed E-state index contributed by atoms with van der Waals surface area (Å²) in [6, 6.07) is 6.70. The number of rotatable bonds is 5. The Hall–Kier alpha value is -0.835. The van der Waals surface area contributed by atoms with E-state index in [2.05, 4.69) is 32.6 Å². The van der Waals surface area contributed by atoms with E-state index in [-0.39, 0.29) is 0 Å². The lowest BCUT2D eigenvalue weighted by molar-refractivity contribution is 0.166. The molecule has 0 aromatic heterocycles. The zero-order valence-electron chi connectivity index (χ0n) is 12.0. The Morgan fingerprint density at radius 2 is 1.67 bits per heavy atom. The summed E-state index contributed by atoms with van der Waals surface area (Å²) >= 11 is 0. The molecular weight excluding hydrogens is 225 g/mol. The van der Waals surface area contributed by atoms with Crippen LogP contribution in [0.4, 0.5) is 0 Å². The van der Waals surface area contributed by atoms with Gasteiger partial charge in [0, 0.05) is 18.6 Å². The summed E-state index contributed by atoms with van der Waals surface area (Å²) in [5, 5.41) is 19.0. The predicted octanol–water partition coefficient (Wildman–Crippen LogP) is 1.29. The summed E-state index contributed by atoms with van der Waals surface area (Å²) in [5.74, 6) is 0. The van der Waals surface area contributed by atoms with Gasteiger partial charge in [-0.15, -0.1) is 0 Å². The van der Waals surface area contributed by atoms with Crippen molar-refractivity contribution < 1.29 is 10.0 Å². The molecule has 100 valence electrons. The Balaban J connectivity index is 3.06. The zero-order valence-corrected chi connectivity index (χ0v) is 12.0. The van der Waals surface area contributed by atoms with Crippen molar-refractivity contribution in [3.8, 4) is 0 Å². The number of hydrogen-bond acceptors (Lipinski definition) is 3. The van der Waals surface area contributed by atoms with Crippen LogP contribution >= 0.6 is 0 Å². The minimum absolute atomic E-state index is 0.425. The summed E-state index contributed by atoms with van der Waals surface area (Å²) in [4.78, 5) is 2.33. The van der Waals surface area contributed by atoms with Crippen LogP contribution in [-0.4, -0.2) is 34.2 Å². The smallest absolute Gasteiger partial charge is 0.423 e. The first-order valence-corrected chi connectivity index (χ1v) is 6.54. The molecule has 0 saturated carbocycles. The third-order valence-electron chi connectivity index (χ3n) is 3.35. The van der Waals surface area contributed by atoms with Crippen molar-refractivity contribution in [2.75, 3.05) is 0 Å². The standard InChI is InChI=1S/C14H24BNO2/c1-10(2)16(11(3)4)9-13-8-6-7-12(5)14(13)15(17)18/h6-8,10-11,17-18H,9H2,1-5H3. The lowest BCUT2D eigenvalue weighted by atomic mass is 9.74. The maximum absolute atomic E-state index is 9.51. The molecule has 0 fully saturated rings. The molecule has 0 saturated heterocycles. The van der Waals surface area contributed by atoms with Gasteiger partial charge in [-0.1, -0.05) is 23.8 Å². The lowest BCUT2D eigenvalue weighted by Crippen LogP contribution is -2.41. The Labute approximate surface area is 111 Å². The van der Waals surface area contributed by atoms with E-state index in [9.17, 15) is 10.0 Å². The Kier molecular flexibility index (Phi) is 5.38. The number of nitrogens with zero attached hydrogens (tertiary/aromatic N) is 1. The Morgan fingerprint density at radius 1 is 1.11 bits per heavy atom. The number of benzene rings is 1. The van der Waals surface area contributed by atoms with Gasteiger partial charge in [0.1, 0.15) is 0 Å². The van der Waals surface area contributed by atoms with Crippen LogP contribution in [0.5, 0.6) is 0 Å². The van der Waals surface area contributed by atoms with Crippen LogP contribution in [0.15, 0.2) is 18.2 Å². The number of aryl methyl sites for hydroxylation is 1. The van der Waals surface area contributed by atoms with Gasteiger partial charge >= 0.3 is 7.12 Å². The third-order valence-corrected chi connectivity index (χ3v) is 3.35. The largest absolute Gasteiger partial charge is 0.489 e. The van der Waals surface area contributed by atoms with Crippen molar-refractivity contribution in [1.29, 1.82) is 0 Å². The molecular formula is C14H24BNO2. The van der Waals surface area contributed by atoms with Gasteiger partial charge < -0.3 is 10.0 Å². The van der Waals surface area contributed by atoms with E-state index >= 15 is 0 Å². The molecule has 1 aromatic rings. The van der Waals surface area contributed by atoms with E-state index in [0.717, 1.165) is 17.7 Å². The molecule has 2 N–H and O–H groups in total. The van der Waals surface area contributed by atoms with E-state index in [1.165, 1.54) is 0 Å². The lowest BCUT2D eigenvalue weighted by Gasteiger charge is -2.31. The summed E-state index contributed by atoms with van der Waals surface area (Å²) in [5.41, 5.74) is 2.56. The van der Waals surface area contributed by atoms with Gasteiger partial charge in [0.15, 0.2) is 0 Å². The van der Waals surface area contributed by atoms with Crippen molar-refractivity contribution in [3.63, 3.8) is 0 Å². The van der Waals surface area contributed by atoms with Gasteiger partial charge in [0.05, 0.1) is 0 Å². The van der Waals surface area contributed by atoms with Crippen molar-refractivity contribution in [2.45, 2.75) is 53.2 Å². The molecule has 0 unspecified atom stereocenters. The first kappa shape index (κ1) is 15.2. The van der Waals surface area contributed by atoms with Crippen LogP contribution in [0.1, 0.15) is 38.8 Å². The van der Waals surface area contributed by atoms with Crippen LogP contribution in [0.25, 0.3) is 0 Å². The summed E-state index contributed by atoms with van der Waals surface area (Å²) in [7, 11) is -1.40. The van der Waals surface area contributed by atoms with E-state index in [4.69, 9.17) is 0 Å². The summed E-state index contributed by atoms with van der Waals surface area (Å²) in [6.45, 7) is 11.3. The van der Waals surface area contributed by atoms with Crippen molar-refractivity contribution in [1.82, 2.24) is 4.90 Å². The molecule has 0 spiro atoms. The topological polar surface area (TPSA) is 43.7 Å². The van der Waals surface area contributed by atoms with Crippen LogP contribution in [0, 0.1) is 6.92 Å². The maximum Gasteiger partial charge on any atom is 0.489 e. The van der Waals surface area contributed by atoms with Gasteiger partial charge in [-0.25, -0.2) is 0 Å². The second kappa shape index (κ2) is 6.37. The molecule has 1 aromatic carbocycles. The summed E-state index contributed by atoms with van der Waals surface area (Å²) < 4.78 is 0. The molecule has 0 aliphatic rings. The highest BCUT2D eigenvalue weighted by Gasteiger charge is 2.21. The molecule has 0 bridgehead atoms. The van der Waals surface area contributed by atoms with Crippen molar-refractivity contribution in [2.24, 2.45) is 0 Å². The van der Waals surface area contributed by atoms with E-state index < -0.39 is 7.12 Å². The SMILES string of the molecule is Cc1cccc(CN(C(C)C)C(C)C)c1B(O)O. The molecule has 0 aliphatic carbocycles. The van der Waals surface area contributed by atoms with Crippen LogP contribution in [0.2, 0.25) is 0 Å². The van der Waals surface area contributed by atoms with E-state index in [1.807, 2.05) is 25.1 Å². The Bertz CT molecular complexity index is 383. The van der Waals surface area contributed by atoms with Gasteiger partial charge in [0.2, 0.25) is 0 Å². The first-order chi connectivity index (χ1) is 8.34. The fourth-order valence-corrected chi connectivity index (χ4v) is 2.41. The van der Waals surface area contributed by atoms with Crippen LogP contribution in [-0.2, 0) is 6.54 Å². The van der Waals surface area contributed by atoms with E-state index in [0.29, 0.717) is 17.5 Å². The zero-order chi connectivity index (χ0) is 13.9. The quantitative estimate of drug-likeness (QED) is 0.773. The highest BCUT2D eigenvalue weighted by atomic mass is 16.4. The molecule has 4 heteroatoms. The predicted molar refractivity (Wildman–Crippen MR) is 76.8 cm³/mol. The van der Waals surface area contributed by atoms with Crippen LogP contribution < -0.4 is 5.46 Å². The minimum atomic E-state index is -1.40. The highest BCUT2D eigenvalue weighted by molar-refractivity contribution is 6.59. The van der Waals surface area contributed by atoms with Crippen LogP contribution in [0.3, 0.4) is 0 Å². The average molecular weight is 249 g/mol. The van der Waals surface area contributed by atoms with E-state index in [1.54, 1.807) is 0 Å². The third kappa shape index (κ3) is 3.58. The first-order valence-electron chi connectivity index (χ1n) is 6.54. The maximum atomic E-state index is 9.51. The fourth-order valence-electron chi connectivity index (χ4n) is 2.41. The van der Waals surface area contributed by atoms with Crippen molar-refractivity contribution in [3.05, 3.63) is 29.3 Å². The van der Waals surface area contributed by atoms with Gasteiger partial charge in [0.25, 0.3) is 0 Å². The molecule has 0 atom stereocenters. The average Bonchev–Trinajstić information content (AvgIpc) is 2.24. The molecule has 3 nitrogen and oxygen atoms in total. The van der Waals surface area contributed by atoms with Crippen molar-refractivity contribution >= 4 is 12.6 Å². The second-order valence-electron chi connectivity index (χ2n) is 5.38. The number of hydrogen-bond donors (Lipinski definition) is 2. The molecule has 1 rings (SSSR count). The monoisotopic (exact) mass is 249 g/mol. The minimum Gasteiger partial charge on any atom is -0.423 e. The molecule has 0 amide bonds. The molecule has 0 radical (unpaired) electrons. The molecule has 0 heterocycles. The molecule has 0 aliphatic heterocycles. The van der Waals surface area contributed by atoms with Gasteiger partial charge in [-0.3, -0.25) is 4.90 Å². The summed E-state index contributed by atoms with van der Waals surface area (Å²) in [6.07, 6.45) is 0. The molecule has 18 heavy (non-hydrogen) atoms. The second-order valence-corrected chi connectivity index (χ2v) is 5.38. The fraction of sp³-hybridized carbons (Fsp3) is 0.571. The normalized spacial score (nSPS) is 11.7. The Morgan fingerprint density at radius 3 is 2.11 bits per heavy atom.